The van der Waals surface area contributed by atoms with Gasteiger partial charge in [-0.3, -0.25) is 10.1 Å². The molecule has 7 nitrogen and oxygen atoms in total. The van der Waals surface area contributed by atoms with Crippen molar-refractivity contribution in [3.8, 4) is 5.75 Å². The van der Waals surface area contributed by atoms with E-state index in [1.807, 2.05) is 31.2 Å². The van der Waals surface area contributed by atoms with E-state index >= 15 is 0 Å². The second-order valence-corrected chi connectivity index (χ2v) is 10.4. The van der Waals surface area contributed by atoms with Crippen molar-refractivity contribution in [2.24, 2.45) is 5.92 Å². The predicted molar refractivity (Wildman–Crippen MR) is 113 cm³/mol. The molecule has 0 spiro atoms. The molecule has 8 heteroatoms. The summed E-state index contributed by atoms with van der Waals surface area (Å²) < 4.78 is 30.7. The molecule has 1 fully saturated rings. The van der Waals surface area contributed by atoms with Crippen molar-refractivity contribution < 1.29 is 22.7 Å². The van der Waals surface area contributed by atoms with Crippen LogP contribution in [0.5, 0.6) is 5.75 Å². The first-order chi connectivity index (χ1) is 13.7. The van der Waals surface area contributed by atoms with E-state index in [0.29, 0.717) is 38.3 Å². The number of benzene rings is 1. The zero-order valence-electron chi connectivity index (χ0n) is 17.5. The molecule has 0 saturated carbocycles. The maximum atomic E-state index is 12.5. The van der Waals surface area contributed by atoms with Crippen LogP contribution < -0.4 is 10.1 Å². The SMILES string of the molecule is CC(C)COc1cccc([C@@H](C)CS(=O)(=O)CCCCCN2CC(=O)NC2=O)c1. The van der Waals surface area contributed by atoms with E-state index in [4.69, 9.17) is 4.74 Å². The third kappa shape index (κ3) is 8.04. The molecule has 29 heavy (non-hydrogen) atoms. The molecule has 0 radical (unpaired) electrons. The highest BCUT2D eigenvalue weighted by molar-refractivity contribution is 7.91. The highest BCUT2D eigenvalue weighted by atomic mass is 32.2. The molecule has 2 rings (SSSR count). The minimum Gasteiger partial charge on any atom is -0.493 e. The third-order valence-corrected chi connectivity index (χ3v) is 6.68. The van der Waals surface area contributed by atoms with E-state index in [9.17, 15) is 18.0 Å². The van der Waals surface area contributed by atoms with Crippen molar-refractivity contribution in [2.45, 2.75) is 46.0 Å². The number of carbonyl (C=O) groups is 2. The molecule has 3 amide bonds. The summed E-state index contributed by atoms with van der Waals surface area (Å²) in [5.41, 5.74) is 0.958. The number of unbranched alkanes of at least 4 members (excludes halogenated alkanes) is 2. The number of carbonyl (C=O) groups excluding carboxylic acids is 2. The summed E-state index contributed by atoms with van der Waals surface area (Å²) in [6, 6.07) is 7.28. The molecule has 1 aliphatic rings. The average molecular weight is 425 g/mol. The topological polar surface area (TPSA) is 92.8 Å². The Morgan fingerprint density at radius 2 is 1.90 bits per heavy atom. The van der Waals surface area contributed by atoms with Gasteiger partial charge in [-0.15, -0.1) is 0 Å². The Balaban J connectivity index is 1.74. The largest absolute Gasteiger partial charge is 0.493 e. The molecular formula is C21H32N2O5S. The average Bonchev–Trinajstić information content (AvgIpc) is 2.96. The van der Waals surface area contributed by atoms with Gasteiger partial charge in [0.2, 0.25) is 5.91 Å². The number of nitrogens with zero attached hydrogens (tertiary/aromatic N) is 1. The van der Waals surface area contributed by atoms with Gasteiger partial charge in [-0.1, -0.05) is 39.3 Å². The Hall–Kier alpha value is -2.09. The summed E-state index contributed by atoms with van der Waals surface area (Å²) in [6.45, 7) is 7.27. The van der Waals surface area contributed by atoms with E-state index in [-0.39, 0.29) is 35.9 Å². The highest BCUT2D eigenvalue weighted by Crippen LogP contribution is 2.23. The lowest BCUT2D eigenvalue weighted by Gasteiger charge is -2.15. The fourth-order valence-corrected chi connectivity index (χ4v) is 4.96. The minimum absolute atomic E-state index is 0.0919. The lowest BCUT2D eigenvalue weighted by Crippen LogP contribution is -2.29. The summed E-state index contributed by atoms with van der Waals surface area (Å²) in [5.74, 6) is 1.03. The molecule has 1 atom stereocenters. The molecule has 0 aliphatic carbocycles. The van der Waals surface area contributed by atoms with Crippen LogP contribution >= 0.6 is 0 Å². The van der Waals surface area contributed by atoms with Crippen molar-refractivity contribution in [3.05, 3.63) is 29.8 Å². The first kappa shape index (κ1) is 23.2. The van der Waals surface area contributed by atoms with E-state index in [1.54, 1.807) is 0 Å². The van der Waals surface area contributed by atoms with Gasteiger partial charge in [-0.25, -0.2) is 13.2 Å². The highest BCUT2D eigenvalue weighted by Gasteiger charge is 2.25. The molecule has 1 heterocycles. The first-order valence-corrected chi connectivity index (χ1v) is 12.0. The number of imide groups is 1. The fourth-order valence-electron chi connectivity index (χ4n) is 3.20. The second-order valence-electron chi connectivity index (χ2n) is 8.13. The Morgan fingerprint density at radius 1 is 1.14 bits per heavy atom. The predicted octanol–water partition coefficient (Wildman–Crippen LogP) is 2.96. The summed E-state index contributed by atoms with van der Waals surface area (Å²) >= 11 is 0. The van der Waals surface area contributed by atoms with Gasteiger partial charge < -0.3 is 9.64 Å². The van der Waals surface area contributed by atoms with Crippen molar-refractivity contribution >= 4 is 21.8 Å². The maximum absolute atomic E-state index is 12.5. The van der Waals surface area contributed by atoms with Gasteiger partial charge in [0.25, 0.3) is 0 Å². The van der Waals surface area contributed by atoms with Crippen LogP contribution in [0, 0.1) is 5.92 Å². The summed E-state index contributed by atoms with van der Waals surface area (Å²) in [5, 5.41) is 2.23. The molecule has 1 aromatic rings. The van der Waals surface area contributed by atoms with Crippen molar-refractivity contribution in [1.82, 2.24) is 10.2 Å². The lowest BCUT2D eigenvalue weighted by atomic mass is 10.0. The number of nitrogens with one attached hydrogen (secondary N) is 1. The Bertz CT molecular complexity index is 807. The molecule has 1 N–H and O–H groups in total. The number of hydrogen-bond acceptors (Lipinski definition) is 5. The summed E-state index contributed by atoms with van der Waals surface area (Å²) in [6.07, 6.45) is 1.93. The molecule has 1 saturated heterocycles. The van der Waals surface area contributed by atoms with Crippen LogP contribution in [0.2, 0.25) is 0 Å². The van der Waals surface area contributed by atoms with Crippen LogP contribution in [-0.4, -0.2) is 56.5 Å². The van der Waals surface area contributed by atoms with E-state index in [2.05, 4.69) is 19.2 Å². The van der Waals surface area contributed by atoms with Gasteiger partial charge in [0, 0.05) is 6.54 Å². The first-order valence-electron chi connectivity index (χ1n) is 10.2. The van der Waals surface area contributed by atoms with Gasteiger partial charge in [0.1, 0.15) is 12.3 Å². The van der Waals surface area contributed by atoms with Crippen molar-refractivity contribution in [3.63, 3.8) is 0 Å². The standard InChI is InChI=1S/C21H32N2O5S/c1-16(2)14-28-19-9-7-8-18(12-19)17(3)15-29(26,27)11-6-4-5-10-23-13-20(24)22-21(23)25/h7-9,12,16-17H,4-6,10-11,13-15H2,1-3H3,(H,22,24,25)/t17-/m0/s1. The van der Waals surface area contributed by atoms with Crippen LogP contribution in [0.3, 0.4) is 0 Å². The van der Waals surface area contributed by atoms with Crippen LogP contribution in [0.25, 0.3) is 0 Å². The number of urea groups is 1. The summed E-state index contributed by atoms with van der Waals surface area (Å²) in [4.78, 5) is 24.0. The van der Waals surface area contributed by atoms with E-state index < -0.39 is 9.84 Å². The summed E-state index contributed by atoms with van der Waals surface area (Å²) in [7, 11) is -3.17. The lowest BCUT2D eigenvalue weighted by molar-refractivity contribution is -0.118. The van der Waals surface area contributed by atoms with Crippen LogP contribution in [-0.2, 0) is 14.6 Å². The molecule has 1 aliphatic heterocycles. The second kappa shape index (κ2) is 10.6. The number of ether oxygens (including phenoxy) is 1. The van der Waals surface area contributed by atoms with Crippen molar-refractivity contribution in [1.29, 1.82) is 0 Å². The van der Waals surface area contributed by atoms with Gasteiger partial charge in [0.05, 0.1) is 18.1 Å². The normalized spacial score (nSPS) is 15.7. The molecule has 1 aromatic carbocycles. The van der Waals surface area contributed by atoms with Crippen molar-refractivity contribution in [2.75, 3.05) is 31.2 Å². The zero-order chi connectivity index (χ0) is 21.4. The molecule has 0 bridgehead atoms. The Kier molecular flexibility index (Phi) is 8.49. The smallest absolute Gasteiger partial charge is 0.324 e. The molecule has 0 aromatic heterocycles. The van der Waals surface area contributed by atoms with E-state index in [0.717, 1.165) is 11.3 Å². The maximum Gasteiger partial charge on any atom is 0.324 e. The minimum atomic E-state index is -3.17. The Morgan fingerprint density at radius 3 is 2.55 bits per heavy atom. The van der Waals surface area contributed by atoms with Gasteiger partial charge in [0.15, 0.2) is 9.84 Å². The molecule has 0 unspecified atom stereocenters. The monoisotopic (exact) mass is 424 g/mol. The quantitative estimate of drug-likeness (QED) is 0.411. The third-order valence-electron chi connectivity index (χ3n) is 4.77. The van der Waals surface area contributed by atoms with E-state index in [1.165, 1.54) is 4.90 Å². The van der Waals surface area contributed by atoms with Gasteiger partial charge in [-0.05, 0) is 42.4 Å². The van der Waals surface area contributed by atoms with Gasteiger partial charge >= 0.3 is 6.03 Å². The van der Waals surface area contributed by atoms with Gasteiger partial charge in [-0.2, -0.15) is 0 Å². The fraction of sp³-hybridized carbons (Fsp3) is 0.619. The number of sulfone groups is 1. The zero-order valence-corrected chi connectivity index (χ0v) is 18.3. The Labute approximate surface area is 173 Å². The molecular weight excluding hydrogens is 392 g/mol. The molecule has 162 valence electrons. The number of amides is 3. The van der Waals surface area contributed by atoms with Crippen LogP contribution in [0.1, 0.15) is 51.5 Å². The van der Waals surface area contributed by atoms with Crippen LogP contribution in [0.15, 0.2) is 24.3 Å². The van der Waals surface area contributed by atoms with Crippen LogP contribution in [0.4, 0.5) is 4.79 Å². The number of rotatable bonds is 12. The number of hydrogen-bond donors (Lipinski definition) is 1.